The van der Waals surface area contributed by atoms with Gasteiger partial charge in [-0.25, -0.2) is 0 Å². The molecule has 0 spiro atoms. The van der Waals surface area contributed by atoms with Crippen LogP contribution in [0.25, 0.3) is 10.8 Å². The number of benzene rings is 2. The van der Waals surface area contributed by atoms with E-state index in [1.807, 2.05) is 32.0 Å². The van der Waals surface area contributed by atoms with Crippen LogP contribution in [0.1, 0.15) is 38.3 Å². The molecule has 5 heteroatoms. The van der Waals surface area contributed by atoms with Crippen molar-refractivity contribution in [3.8, 4) is 0 Å². The number of hydrogen-bond acceptors (Lipinski definition) is 4. The molecule has 1 amide bonds. The third-order valence-electron chi connectivity index (χ3n) is 5.24. The van der Waals surface area contributed by atoms with Gasteiger partial charge in [0.2, 0.25) is 5.91 Å². The number of likely N-dealkylation sites (tertiary alicyclic amines) is 1. The number of hydrogen-bond donors (Lipinski definition) is 1. The number of nitrogens with zero attached hydrogens (tertiary/aromatic N) is 1. The largest absolute Gasteiger partial charge is 0.466 e. The van der Waals surface area contributed by atoms with Crippen molar-refractivity contribution < 1.29 is 14.3 Å². The summed E-state index contributed by atoms with van der Waals surface area (Å²) in [7, 11) is 0. The van der Waals surface area contributed by atoms with E-state index in [2.05, 4.69) is 34.5 Å². The molecule has 1 heterocycles. The van der Waals surface area contributed by atoms with Crippen LogP contribution in [0.2, 0.25) is 0 Å². The number of ether oxygens (including phenoxy) is 1. The second-order valence-corrected chi connectivity index (χ2v) is 7.16. The maximum atomic E-state index is 12.5. The number of esters is 1. The van der Waals surface area contributed by atoms with Crippen LogP contribution in [-0.4, -0.2) is 43.0 Å². The summed E-state index contributed by atoms with van der Waals surface area (Å²) >= 11 is 0. The van der Waals surface area contributed by atoms with Gasteiger partial charge in [-0.15, -0.1) is 0 Å². The summed E-state index contributed by atoms with van der Waals surface area (Å²) in [6, 6.07) is 14.3. The molecule has 0 aromatic heterocycles. The highest BCUT2D eigenvalue weighted by Crippen LogP contribution is 2.24. The molecule has 1 aliphatic heterocycles. The van der Waals surface area contributed by atoms with Gasteiger partial charge in [0.1, 0.15) is 0 Å². The molecule has 5 nitrogen and oxygen atoms in total. The number of piperidine rings is 1. The Bertz CT molecular complexity index is 792. The Morgan fingerprint density at radius 3 is 2.59 bits per heavy atom. The first-order valence-electron chi connectivity index (χ1n) is 9.74. The molecule has 1 unspecified atom stereocenters. The molecule has 0 aliphatic carbocycles. The van der Waals surface area contributed by atoms with Crippen molar-refractivity contribution in [3.05, 3.63) is 48.0 Å². The fraction of sp³-hybridized carbons (Fsp3) is 0.455. The van der Waals surface area contributed by atoms with E-state index in [1.165, 1.54) is 10.8 Å². The zero-order valence-corrected chi connectivity index (χ0v) is 16.1. The van der Waals surface area contributed by atoms with Crippen LogP contribution in [-0.2, 0) is 14.3 Å². The molecular formula is C22H28N2O3. The van der Waals surface area contributed by atoms with Gasteiger partial charge in [0.05, 0.1) is 25.1 Å². The van der Waals surface area contributed by atoms with E-state index in [1.54, 1.807) is 0 Å². The Hall–Kier alpha value is -2.40. The SMILES string of the molecule is CCOC(=O)C1CCN(CC(=O)NC(C)c2cccc3ccccc23)CC1. The summed E-state index contributed by atoms with van der Waals surface area (Å²) in [5.74, 6) is -0.116. The zero-order chi connectivity index (χ0) is 19.2. The smallest absolute Gasteiger partial charge is 0.309 e. The molecule has 2 aromatic carbocycles. The number of carbonyl (C=O) groups excluding carboxylic acids is 2. The van der Waals surface area contributed by atoms with Gasteiger partial charge in [-0.2, -0.15) is 0 Å². The number of amides is 1. The van der Waals surface area contributed by atoms with Gasteiger partial charge >= 0.3 is 5.97 Å². The van der Waals surface area contributed by atoms with Crippen LogP contribution in [0, 0.1) is 5.92 Å². The first kappa shape index (κ1) is 19.4. The highest BCUT2D eigenvalue weighted by atomic mass is 16.5. The molecular weight excluding hydrogens is 340 g/mol. The molecule has 0 saturated carbocycles. The van der Waals surface area contributed by atoms with Crippen molar-refractivity contribution in [1.29, 1.82) is 0 Å². The van der Waals surface area contributed by atoms with E-state index in [9.17, 15) is 9.59 Å². The predicted molar refractivity (Wildman–Crippen MR) is 106 cm³/mol. The van der Waals surface area contributed by atoms with E-state index in [-0.39, 0.29) is 23.8 Å². The predicted octanol–water partition coefficient (Wildman–Crippen LogP) is 3.29. The minimum atomic E-state index is -0.105. The maximum absolute atomic E-state index is 12.5. The molecule has 27 heavy (non-hydrogen) atoms. The molecule has 3 rings (SSSR count). The standard InChI is InChI=1S/C22H28N2O3/c1-3-27-22(26)18-11-13-24(14-12-18)15-21(25)23-16(2)19-10-6-8-17-7-4-5-9-20(17)19/h4-10,16,18H,3,11-15H2,1-2H3,(H,23,25). The lowest BCUT2D eigenvalue weighted by molar-refractivity contribution is -0.149. The lowest BCUT2D eigenvalue weighted by Gasteiger charge is -2.30. The minimum Gasteiger partial charge on any atom is -0.466 e. The normalized spacial score (nSPS) is 16.8. The van der Waals surface area contributed by atoms with E-state index in [4.69, 9.17) is 4.74 Å². The van der Waals surface area contributed by atoms with Gasteiger partial charge < -0.3 is 10.1 Å². The average Bonchev–Trinajstić information content (AvgIpc) is 2.68. The van der Waals surface area contributed by atoms with Crippen LogP contribution in [0.5, 0.6) is 0 Å². The second kappa shape index (κ2) is 9.00. The van der Waals surface area contributed by atoms with Crippen LogP contribution in [0.3, 0.4) is 0 Å². The summed E-state index contributed by atoms with van der Waals surface area (Å²) < 4.78 is 5.10. The number of nitrogens with one attached hydrogen (secondary N) is 1. The van der Waals surface area contributed by atoms with Crippen LogP contribution in [0.15, 0.2) is 42.5 Å². The molecule has 2 aromatic rings. The first-order chi connectivity index (χ1) is 13.1. The van der Waals surface area contributed by atoms with Gasteiger partial charge in [0.15, 0.2) is 0 Å². The van der Waals surface area contributed by atoms with Gasteiger partial charge in [0.25, 0.3) is 0 Å². The summed E-state index contributed by atoms with van der Waals surface area (Å²) in [4.78, 5) is 26.4. The summed E-state index contributed by atoms with van der Waals surface area (Å²) in [5, 5.41) is 5.47. The number of fused-ring (bicyclic) bond motifs is 1. The topological polar surface area (TPSA) is 58.6 Å². The molecule has 144 valence electrons. The quantitative estimate of drug-likeness (QED) is 0.795. The molecule has 1 atom stereocenters. The molecule has 1 N–H and O–H groups in total. The molecule has 1 fully saturated rings. The molecule has 1 saturated heterocycles. The van der Waals surface area contributed by atoms with E-state index < -0.39 is 0 Å². The fourth-order valence-electron chi connectivity index (χ4n) is 3.78. The van der Waals surface area contributed by atoms with E-state index in [0.29, 0.717) is 13.2 Å². The van der Waals surface area contributed by atoms with Gasteiger partial charge in [-0.05, 0) is 56.1 Å². The van der Waals surface area contributed by atoms with Crippen molar-refractivity contribution in [2.75, 3.05) is 26.2 Å². The van der Waals surface area contributed by atoms with Crippen molar-refractivity contribution in [1.82, 2.24) is 10.2 Å². The van der Waals surface area contributed by atoms with Crippen molar-refractivity contribution in [2.24, 2.45) is 5.92 Å². The Labute approximate surface area is 160 Å². The number of carbonyl (C=O) groups is 2. The van der Waals surface area contributed by atoms with Crippen molar-refractivity contribution in [2.45, 2.75) is 32.7 Å². The van der Waals surface area contributed by atoms with E-state index in [0.717, 1.165) is 31.5 Å². The second-order valence-electron chi connectivity index (χ2n) is 7.16. The third-order valence-corrected chi connectivity index (χ3v) is 5.24. The van der Waals surface area contributed by atoms with Crippen LogP contribution in [0.4, 0.5) is 0 Å². The monoisotopic (exact) mass is 368 g/mol. The van der Waals surface area contributed by atoms with Crippen molar-refractivity contribution >= 4 is 22.6 Å². The average molecular weight is 368 g/mol. The summed E-state index contributed by atoms with van der Waals surface area (Å²) in [6.07, 6.45) is 1.51. The Kier molecular flexibility index (Phi) is 6.45. The lowest BCUT2D eigenvalue weighted by Crippen LogP contribution is -2.43. The third kappa shape index (κ3) is 4.86. The highest BCUT2D eigenvalue weighted by Gasteiger charge is 2.27. The molecule has 1 aliphatic rings. The molecule has 0 radical (unpaired) electrons. The first-order valence-corrected chi connectivity index (χ1v) is 9.74. The Morgan fingerprint density at radius 2 is 1.85 bits per heavy atom. The maximum Gasteiger partial charge on any atom is 0.309 e. The summed E-state index contributed by atoms with van der Waals surface area (Å²) in [5.41, 5.74) is 1.13. The van der Waals surface area contributed by atoms with Gasteiger partial charge in [-0.1, -0.05) is 42.5 Å². The Morgan fingerprint density at radius 1 is 1.15 bits per heavy atom. The number of rotatable bonds is 6. The van der Waals surface area contributed by atoms with Gasteiger partial charge in [-0.3, -0.25) is 14.5 Å². The zero-order valence-electron chi connectivity index (χ0n) is 16.1. The van der Waals surface area contributed by atoms with Crippen molar-refractivity contribution in [3.63, 3.8) is 0 Å². The highest BCUT2D eigenvalue weighted by molar-refractivity contribution is 5.87. The van der Waals surface area contributed by atoms with Crippen LogP contribution >= 0.6 is 0 Å². The lowest BCUT2D eigenvalue weighted by atomic mass is 9.97. The fourth-order valence-corrected chi connectivity index (χ4v) is 3.78. The van der Waals surface area contributed by atoms with Gasteiger partial charge in [0, 0.05) is 0 Å². The minimum absolute atomic E-state index is 0.0185. The Balaban J connectivity index is 1.53. The summed E-state index contributed by atoms with van der Waals surface area (Å²) in [6.45, 7) is 6.14. The molecule has 0 bridgehead atoms. The van der Waals surface area contributed by atoms with Crippen LogP contribution < -0.4 is 5.32 Å². The van der Waals surface area contributed by atoms with E-state index >= 15 is 0 Å².